The van der Waals surface area contributed by atoms with Crippen LogP contribution < -0.4 is 5.32 Å². The topological polar surface area (TPSA) is 49.4 Å². The Labute approximate surface area is 228 Å². The van der Waals surface area contributed by atoms with Crippen molar-refractivity contribution in [2.45, 2.75) is 51.1 Å². The van der Waals surface area contributed by atoms with E-state index in [-0.39, 0.29) is 23.6 Å². The molecule has 0 aliphatic rings. The Bertz CT molecular complexity index is 1130. The van der Waals surface area contributed by atoms with E-state index < -0.39 is 6.04 Å². The van der Waals surface area contributed by atoms with Gasteiger partial charge in [-0.05, 0) is 48.2 Å². The van der Waals surface area contributed by atoms with Gasteiger partial charge < -0.3 is 10.2 Å². The van der Waals surface area contributed by atoms with Crippen molar-refractivity contribution in [3.63, 3.8) is 0 Å². The first kappa shape index (κ1) is 28.1. The Morgan fingerprint density at radius 3 is 2.25 bits per heavy atom. The molecule has 3 aromatic carbocycles. The monoisotopic (exact) mass is 542 g/mol. The molecule has 2 amide bonds. The van der Waals surface area contributed by atoms with Crippen LogP contribution in [0.1, 0.15) is 37.0 Å². The van der Waals surface area contributed by atoms with E-state index in [2.05, 4.69) is 5.32 Å². The third kappa shape index (κ3) is 8.58. The summed E-state index contributed by atoms with van der Waals surface area (Å²) in [6.07, 6.45) is 1.24. The van der Waals surface area contributed by atoms with E-state index in [0.717, 1.165) is 23.1 Å². The molecule has 0 radical (unpaired) electrons. The zero-order chi connectivity index (χ0) is 25.9. The van der Waals surface area contributed by atoms with Gasteiger partial charge in [-0.1, -0.05) is 90.8 Å². The Kier molecular flexibility index (Phi) is 11.2. The lowest BCUT2D eigenvalue weighted by molar-refractivity contribution is -0.139. The molecule has 190 valence electrons. The van der Waals surface area contributed by atoms with Crippen molar-refractivity contribution < 1.29 is 9.59 Å². The second-order valence-corrected chi connectivity index (χ2v) is 10.6. The highest BCUT2D eigenvalue weighted by Crippen LogP contribution is 2.23. The van der Waals surface area contributed by atoms with Crippen LogP contribution in [-0.4, -0.2) is 34.6 Å². The van der Waals surface area contributed by atoms with Crippen LogP contribution in [0, 0.1) is 0 Å². The summed E-state index contributed by atoms with van der Waals surface area (Å²) >= 11 is 13.9. The van der Waals surface area contributed by atoms with Gasteiger partial charge in [0.05, 0.1) is 5.75 Å². The number of nitrogens with zero attached hydrogens (tertiary/aromatic N) is 1. The third-order valence-corrected chi connectivity index (χ3v) is 7.57. The zero-order valence-corrected chi connectivity index (χ0v) is 23.0. The van der Waals surface area contributed by atoms with E-state index in [4.69, 9.17) is 23.2 Å². The molecule has 4 nitrogen and oxygen atoms in total. The van der Waals surface area contributed by atoms with Crippen molar-refractivity contribution >= 4 is 46.8 Å². The molecule has 0 aliphatic heterocycles. The van der Waals surface area contributed by atoms with Gasteiger partial charge in [0.15, 0.2) is 0 Å². The molecule has 36 heavy (non-hydrogen) atoms. The SMILES string of the molecule is CCC(C)NC(=O)C(Cc1ccccc1)N(Cc1ccc(Cl)cc1)C(=O)CSCc1ccccc1Cl. The second-order valence-electron chi connectivity index (χ2n) is 8.76. The minimum absolute atomic E-state index is 0.0119. The molecule has 0 aliphatic carbocycles. The quantitative estimate of drug-likeness (QED) is 0.274. The maximum atomic E-state index is 13.6. The van der Waals surface area contributed by atoms with E-state index >= 15 is 0 Å². The highest BCUT2D eigenvalue weighted by molar-refractivity contribution is 7.99. The van der Waals surface area contributed by atoms with Crippen molar-refractivity contribution in [3.8, 4) is 0 Å². The van der Waals surface area contributed by atoms with Crippen molar-refractivity contribution in [1.29, 1.82) is 0 Å². The molecule has 1 N–H and O–H groups in total. The Morgan fingerprint density at radius 1 is 0.917 bits per heavy atom. The zero-order valence-electron chi connectivity index (χ0n) is 20.6. The smallest absolute Gasteiger partial charge is 0.243 e. The molecule has 3 aromatic rings. The van der Waals surface area contributed by atoms with Gasteiger partial charge in [0.1, 0.15) is 6.04 Å². The maximum Gasteiger partial charge on any atom is 0.243 e. The van der Waals surface area contributed by atoms with Crippen molar-refractivity contribution in [2.75, 3.05) is 5.75 Å². The van der Waals surface area contributed by atoms with Gasteiger partial charge in [-0.25, -0.2) is 0 Å². The lowest BCUT2D eigenvalue weighted by atomic mass is 10.0. The van der Waals surface area contributed by atoms with E-state index in [1.165, 1.54) is 11.8 Å². The number of amides is 2. The fourth-order valence-corrected chi connectivity index (χ4v) is 5.05. The number of benzene rings is 3. The minimum Gasteiger partial charge on any atom is -0.352 e. The number of nitrogens with one attached hydrogen (secondary N) is 1. The molecule has 0 fully saturated rings. The standard InChI is InChI=1S/C29H32Cl2N2O2S/c1-3-21(2)32-29(35)27(17-22-9-5-4-6-10-22)33(18-23-13-15-25(30)16-14-23)28(34)20-36-19-24-11-7-8-12-26(24)31/h4-16,21,27H,3,17-20H2,1-2H3,(H,32,35). The first-order valence-corrected chi connectivity index (χ1v) is 14.0. The van der Waals surface area contributed by atoms with Crippen molar-refractivity contribution in [3.05, 3.63) is 106 Å². The molecule has 0 heterocycles. The summed E-state index contributed by atoms with van der Waals surface area (Å²) in [4.78, 5) is 28.8. The molecule has 0 saturated carbocycles. The van der Waals surface area contributed by atoms with Crippen LogP contribution in [0.25, 0.3) is 0 Å². The highest BCUT2D eigenvalue weighted by Gasteiger charge is 2.30. The van der Waals surface area contributed by atoms with Crippen LogP contribution in [-0.2, 0) is 28.3 Å². The van der Waals surface area contributed by atoms with Crippen LogP contribution in [0.4, 0.5) is 0 Å². The van der Waals surface area contributed by atoms with Gasteiger partial charge in [-0.2, -0.15) is 0 Å². The number of thioether (sulfide) groups is 1. The van der Waals surface area contributed by atoms with Crippen LogP contribution in [0.5, 0.6) is 0 Å². The van der Waals surface area contributed by atoms with Gasteiger partial charge in [-0.3, -0.25) is 9.59 Å². The molecule has 0 bridgehead atoms. The lowest BCUT2D eigenvalue weighted by Gasteiger charge is -2.32. The number of carbonyl (C=O) groups excluding carboxylic acids is 2. The summed E-state index contributed by atoms with van der Waals surface area (Å²) in [6.45, 7) is 4.31. The number of hydrogen-bond donors (Lipinski definition) is 1. The Morgan fingerprint density at radius 2 is 1.58 bits per heavy atom. The van der Waals surface area contributed by atoms with Crippen molar-refractivity contribution in [1.82, 2.24) is 10.2 Å². The highest BCUT2D eigenvalue weighted by atomic mass is 35.5. The number of halogens is 2. The number of rotatable bonds is 12. The normalized spacial score (nSPS) is 12.6. The fraction of sp³-hybridized carbons (Fsp3) is 0.310. The Balaban J connectivity index is 1.85. The fourth-order valence-electron chi connectivity index (χ4n) is 3.73. The minimum atomic E-state index is -0.648. The summed E-state index contributed by atoms with van der Waals surface area (Å²) < 4.78 is 0. The molecule has 0 spiro atoms. The first-order valence-electron chi connectivity index (χ1n) is 12.1. The summed E-state index contributed by atoms with van der Waals surface area (Å²) in [5, 5.41) is 4.40. The van der Waals surface area contributed by atoms with Gasteiger partial charge in [-0.15, -0.1) is 11.8 Å². The number of hydrogen-bond acceptors (Lipinski definition) is 3. The van der Waals surface area contributed by atoms with E-state index in [9.17, 15) is 9.59 Å². The van der Waals surface area contributed by atoms with Crippen molar-refractivity contribution in [2.24, 2.45) is 0 Å². The van der Waals surface area contributed by atoms with Gasteiger partial charge in [0.25, 0.3) is 0 Å². The largest absolute Gasteiger partial charge is 0.352 e. The third-order valence-electron chi connectivity index (χ3n) is 5.98. The molecule has 7 heteroatoms. The molecule has 2 atom stereocenters. The van der Waals surface area contributed by atoms with Crippen LogP contribution in [0.2, 0.25) is 10.0 Å². The van der Waals surface area contributed by atoms with E-state index in [0.29, 0.717) is 28.8 Å². The average molecular weight is 544 g/mol. The summed E-state index contributed by atoms with van der Waals surface area (Å²) in [6, 6.07) is 24.2. The molecular formula is C29H32Cl2N2O2S. The van der Waals surface area contributed by atoms with Gasteiger partial charge >= 0.3 is 0 Å². The van der Waals surface area contributed by atoms with Crippen LogP contribution in [0.15, 0.2) is 78.9 Å². The Hall–Kier alpha value is -2.47. The van der Waals surface area contributed by atoms with Gasteiger partial charge in [0, 0.05) is 34.8 Å². The predicted octanol–water partition coefficient (Wildman–Crippen LogP) is 6.78. The van der Waals surface area contributed by atoms with E-state index in [1.807, 2.05) is 80.6 Å². The summed E-state index contributed by atoms with van der Waals surface area (Å²) in [5.41, 5.74) is 2.90. The molecular weight excluding hydrogens is 511 g/mol. The molecule has 3 rings (SSSR count). The molecule has 2 unspecified atom stereocenters. The average Bonchev–Trinajstić information content (AvgIpc) is 2.88. The lowest BCUT2D eigenvalue weighted by Crippen LogP contribution is -2.52. The molecule has 0 saturated heterocycles. The summed E-state index contributed by atoms with van der Waals surface area (Å²) in [7, 11) is 0. The number of carbonyl (C=O) groups is 2. The van der Waals surface area contributed by atoms with Gasteiger partial charge in [0.2, 0.25) is 11.8 Å². The summed E-state index contributed by atoms with van der Waals surface area (Å²) in [5.74, 6) is 0.609. The van der Waals surface area contributed by atoms with E-state index in [1.54, 1.807) is 17.0 Å². The second kappa shape index (κ2) is 14.3. The van der Waals surface area contributed by atoms with Crippen LogP contribution >= 0.6 is 35.0 Å². The maximum absolute atomic E-state index is 13.6. The van der Waals surface area contributed by atoms with Crippen LogP contribution in [0.3, 0.4) is 0 Å². The first-order chi connectivity index (χ1) is 17.4. The molecule has 0 aromatic heterocycles. The predicted molar refractivity (Wildman–Crippen MR) is 151 cm³/mol.